The second-order valence-electron chi connectivity index (χ2n) is 4.58. The van der Waals surface area contributed by atoms with Crippen LogP contribution in [0.15, 0.2) is 18.3 Å². The van der Waals surface area contributed by atoms with Gasteiger partial charge in [-0.15, -0.1) is 0 Å². The number of aliphatic hydroxyl groups excluding tert-OH is 1. The van der Waals surface area contributed by atoms with Crippen LogP contribution in [0.3, 0.4) is 0 Å². The van der Waals surface area contributed by atoms with Gasteiger partial charge in [0.25, 0.3) is 0 Å². The van der Waals surface area contributed by atoms with Crippen LogP contribution in [0.5, 0.6) is 0 Å². The first kappa shape index (κ1) is 12.3. The molecule has 1 aliphatic heterocycles. The van der Waals surface area contributed by atoms with Crippen LogP contribution in [-0.4, -0.2) is 34.7 Å². The quantitative estimate of drug-likeness (QED) is 0.515. The fourth-order valence-corrected chi connectivity index (χ4v) is 2.36. The third kappa shape index (κ3) is 3.39. The molecular weight excluding hydrogens is 216 g/mol. The van der Waals surface area contributed by atoms with Crippen LogP contribution in [-0.2, 0) is 6.54 Å². The maximum absolute atomic E-state index is 8.92. The average molecular weight is 236 g/mol. The van der Waals surface area contributed by atoms with Gasteiger partial charge in [-0.3, -0.25) is 15.7 Å². The second-order valence-corrected chi connectivity index (χ2v) is 4.58. The van der Waals surface area contributed by atoms with Crippen LogP contribution in [0.25, 0.3) is 0 Å². The van der Waals surface area contributed by atoms with E-state index >= 15 is 0 Å². The van der Waals surface area contributed by atoms with Crippen molar-refractivity contribution in [3.05, 3.63) is 24.0 Å². The molecule has 94 valence electrons. The molecule has 1 aliphatic rings. The third-order valence-corrected chi connectivity index (χ3v) is 3.28. The Hall–Kier alpha value is -1.17. The monoisotopic (exact) mass is 236 g/mol. The molecule has 0 bridgehead atoms. The van der Waals surface area contributed by atoms with E-state index in [0.717, 1.165) is 37.4 Å². The topological polar surface area (TPSA) is 74.4 Å². The maximum atomic E-state index is 8.92. The summed E-state index contributed by atoms with van der Waals surface area (Å²) in [4.78, 5) is 6.71. The smallest absolute Gasteiger partial charge is 0.0564 e. The zero-order valence-corrected chi connectivity index (χ0v) is 9.97. The Morgan fingerprint density at radius 3 is 3.24 bits per heavy atom. The van der Waals surface area contributed by atoms with E-state index < -0.39 is 0 Å². The lowest BCUT2D eigenvalue weighted by molar-refractivity contribution is 0.249. The highest BCUT2D eigenvalue weighted by Gasteiger charge is 2.22. The Bertz CT molecular complexity index is 358. The summed E-state index contributed by atoms with van der Waals surface area (Å²) in [5.41, 5.74) is 4.55. The zero-order chi connectivity index (χ0) is 12.1. The predicted molar refractivity (Wildman–Crippen MR) is 67.1 cm³/mol. The maximum Gasteiger partial charge on any atom is 0.0564 e. The van der Waals surface area contributed by atoms with E-state index in [0.29, 0.717) is 12.5 Å². The van der Waals surface area contributed by atoms with E-state index in [2.05, 4.69) is 15.3 Å². The summed E-state index contributed by atoms with van der Waals surface area (Å²) in [6.07, 6.45) is 3.86. The molecule has 0 radical (unpaired) electrons. The first-order valence-corrected chi connectivity index (χ1v) is 6.06. The van der Waals surface area contributed by atoms with E-state index in [1.54, 1.807) is 6.20 Å². The van der Waals surface area contributed by atoms with Crippen LogP contribution in [0.4, 0.5) is 5.69 Å². The van der Waals surface area contributed by atoms with Crippen molar-refractivity contribution in [2.45, 2.75) is 19.4 Å². The lowest BCUT2D eigenvalue weighted by Gasteiger charge is -2.15. The molecule has 1 aromatic heterocycles. The van der Waals surface area contributed by atoms with Gasteiger partial charge in [-0.05, 0) is 37.4 Å². The molecular formula is C12H20N4O. The minimum Gasteiger partial charge on any atom is -0.396 e. The van der Waals surface area contributed by atoms with E-state index in [1.807, 2.05) is 12.1 Å². The molecule has 1 saturated heterocycles. The SMILES string of the molecule is NNc1ccnc(CN2CCC(CCO)C2)c1. The van der Waals surface area contributed by atoms with Gasteiger partial charge in [-0.1, -0.05) is 0 Å². The van der Waals surface area contributed by atoms with Crippen molar-refractivity contribution in [1.82, 2.24) is 9.88 Å². The average Bonchev–Trinajstić information content (AvgIpc) is 2.77. The molecule has 0 aliphatic carbocycles. The van der Waals surface area contributed by atoms with Crippen LogP contribution in [0.1, 0.15) is 18.5 Å². The Kier molecular flexibility index (Phi) is 4.30. The molecule has 0 amide bonds. The predicted octanol–water partition coefficient (Wildman–Crippen LogP) is 0.571. The fraction of sp³-hybridized carbons (Fsp3) is 0.583. The summed E-state index contributed by atoms with van der Waals surface area (Å²) >= 11 is 0. The number of anilines is 1. The van der Waals surface area contributed by atoms with E-state index in [-0.39, 0.29) is 0 Å². The third-order valence-electron chi connectivity index (χ3n) is 3.28. The summed E-state index contributed by atoms with van der Waals surface area (Å²) in [7, 11) is 0. The Morgan fingerprint density at radius 1 is 1.59 bits per heavy atom. The van der Waals surface area contributed by atoms with Gasteiger partial charge in [0.15, 0.2) is 0 Å². The van der Waals surface area contributed by atoms with Crippen molar-refractivity contribution in [3.63, 3.8) is 0 Å². The normalized spacial score (nSPS) is 20.7. The minimum absolute atomic E-state index is 0.295. The number of pyridine rings is 1. The van der Waals surface area contributed by atoms with Crippen LogP contribution in [0.2, 0.25) is 0 Å². The van der Waals surface area contributed by atoms with Crippen molar-refractivity contribution >= 4 is 5.69 Å². The van der Waals surface area contributed by atoms with Crippen LogP contribution in [0, 0.1) is 5.92 Å². The Labute approximate surface area is 102 Å². The number of hydrogen-bond acceptors (Lipinski definition) is 5. The van der Waals surface area contributed by atoms with E-state index in [1.165, 1.54) is 6.42 Å². The largest absolute Gasteiger partial charge is 0.396 e. The number of likely N-dealkylation sites (tertiary alicyclic amines) is 1. The van der Waals surface area contributed by atoms with Crippen molar-refractivity contribution in [1.29, 1.82) is 0 Å². The molecule has 2 rings (SSSR count). The molecule has 1 fully saturated rings. The van der Waals surface area contributed by atoms with Gasteiger partial charge in [0.1, 0.15) is 0 Å². The highest BCUT2D eigenvalue weighted by molar-refractivity contribution is 5.41. The molecule has 1 atom stereocenters. The number of aliphatic hydroxyl groups is 1. The van der Waals surface area contributed by atoms with Gasteiger partial charge in [-0.2, -0.15) is 0 Å². The second kappa shape index (κ2) is 5.95. The number of nitrogens with one attached hydrogen (secondary N) is 1. The summed E-state index contributed by atoms with van der Waals surface area (Å²) in [6, 6.07) is 3.82. The molecule has 1 aromatic rings. The van der Waals surface area contributed by atoms with Crippen molar-refractivity contribution in [2.24, 2.45) is 11.8 Å². The summed E-state index contributed by atoms with van der Waals surface area (Å²) in [5, 5.41) is 8.92. The first-order valence-electron chi connectivity index (χ1n) is 6.06. The fourth-order valence-electron chi connectivity index (χ4n) is 2.36. The van der Waals surface area contributed by atoms with Crippen molar-refractivity contribution < 1.29 is 5.11 Å². The molecule has 5 nitrogen and oxygen atoms in total. The number of hydrazine groups is 1. The van der Waals surface area contributed by atoms with Crippen molar-refractivity contribution in [2.75, 3.05) is 25.1 Å². The molecule has 2 heterocycles. The molecule has 1 unspecified atom stereocenters. The zero-order valence-electron chi connectivity index (χ0n) is 9.97. The number of aromatic nitrogens is 1. The van der Waals surface area contributed by atoms with Gasteiger partial charge in [0.2, 0.25) is 0 Å². The number of hydrogen-bond donors (Lipinski definition) is 3. The molecule has 0 spiro atoms. The van der Waals surface area contributed by atoms with Gasteiger partial charge >= 0.3 is 0 Å². The number of nitrogens with two attached hydrogens (primary N) is 1. The summed E-state index contributed by atoms with van der Waals surface area (Å²) in [6.45, 7) is 3.30. The van der Waals surface area contributed by atoms with E-state index in [4.69, 9.17) is 10.9 Å². The molecule has 17 heavy (non-hydrogen) atoms. The number of nitrogen functional groups attached to an aromatic ring is 1. The molecule has 4 N–H and O–H groups in total. The van der Waals surface area contributed by atoms with Gasteiger partial charge in [0.05, 0.1) is 11.4 Å². The number of rotatable bonds is 5. The highest BCUT2D eigenvalue weighted by atomic mass is 16.3. The molecule has 5 heteroatoms. The lowest BCUT2D eigenvalue weighted by atomic mass is 10.1. The summed E-state index contributed by atoms with van der Waals surface area (Å²) in [5.74, 6) is 6.00. The Morgan fingerprint density at radius 2 is 2.47 bits per heavy atom. The highest BCUT2D eigenvalue weighted by Crippen LogP contribution is 2.21. The Balaban J connectivity index is 1.88. The van der Waals surface area contributed by atoms with Crippen molar-refractivity contribution in [3.8, 4) is 0 Å². The molecule has 0 saturated carbocycles. The summed E-state index contributed by atoms with van der Waals surface area (Å²) < 4.78 is 0. The molecule has 0 aromatic carbocycles. The van der Waals surface area contributed by atoms with Gasteiger partial charge < -0.3 is 10.5 Å². The van der Waals surface area contributed by atoms with Gasteiger partial charge in [0, 0.05) is 25.9 Å². The van der Waals surface area contributed by atoms with Crippen LogP contribution < -0.4 is 11.3 Å². The lowest BCUT2D eigenvalue weighted by Crippen LogP contribution is -2.21. The number of nitrogens with zero attached hydrogens (tertiary/aromatic N) is 2. The van der Waals surface area contributed by atoms with E-state index in [9.17, 15) is 0 Å². The van der Waals surface area contributed by atoms with Crippen LogP contribution >= 0.6 is 0 Å². The minimum atomic E-state index is 0.295. The standard InChI is InChI=1S/C12H20N4O/c13-15-11-1-4-14-12(7-11)9-16-5-2-10(8-16)3-6-17/h1,4,7,10,17H,2-3,5-6,8-9,13H2,(H,14,15). The first-order chi connectivity index (χ1) is 8.31. The van der Waals surface area contributed by atoms with Gasteiger partial charge in [-0.25, -0.2) is 0 Å².